The van der Waals surface area contributed by atoms with Gasteiger partial charge in [0, 0.05) is 6.61 Å². The Kier molecular flexibility index (Phi) is 10.7. The zero-order valence-electron chi connectivity index (χ0n) is 18.3. The van der Waals surface area contributed by atoms with E-state index in [0.29, 0.717) is 19.3 Å². The first kappa shape index (κ1) is 26.4. The van der Waals surface area contributed by atoms with Gasteiger partial charge < -0.3 is 20.7 Å². The molecular weight excluding hydrogens is 362 g/mol. The van der Waals surface area contributed by atoms with Crippen LogP contribution < -0.4 is 5.73 Å². The first-order chi connectivity index (χ1) is 12.8. The van der Waals surface area contributed by atoms with Crippen LogP contribution in [0, 0.1) is 23.2 Å². The number of primary amides is 1. The maximum Gasteiger partial charge on any atom is 0.337 e. The van der Waals surface area contributed by atoms with Gasteiger partial charge >= 0.3 is 11.9 Å². The van der Waals surface area contributed by atoms with E-state index in [9.17, 15) is 24.6 Å². The Bertz CT molecular complexity index is 517. The van der Waals surface area contributed by atoms with Gasteiger partial charge in [0.05, 0.1) is 11.8 Å². The Balaban J connectivity index is 6.43. The SMILES string of the molecule is CC(C)CCOC(CC(=O)O)(C(=O)O)C(CCC(C)C)(CCC(C)C)C(N)=O. The van der Waals surface area contributed by atoms with Gasteiger partial charge in [0.2, 0.25) is 5.91 Å². The number of carboxylic acids is 2. The molecule has 0 saturated heterocycles. The van der Waals surface area contributed by atoms with Crippen molar-refractivity contribution in [2.45, 2.75) is 85.7 Å². The second-order valence-corrected chi connectivity index (χ2v) is 9.05. The summed E-state index contributed by atoms with van der Waals surface area (Å²) in [5, 5.41) is 19.7. The van der Waals surface area contributed by atoms with E-state index in [2.05, 4.69) is 0 Å². The van der Waals surface area contributed by atoms with Crippen molar-refractivity contribution in [2.75, 3.05) is 6.61 Å². The second kappa shape index (κ2) is 11.4. The fraction of sp³-hybridized carbons (Fsp3) is 0.857. The third kappa shape index (κ3) is 7.08. The number of carbonyl (C=O) groups excluding carboxylic acids is 1. The molecule has 0 saturated carbocycles. The van der Waals surface area contributed by atoms with E-state index in [-0.39, 0.29) is 37.2 Å². The highest BCUT2D eigenvalue weighted by Crippen LogP contribution is 2.47. The van der Waals surface area contributed by atoms with Crippen LogP contribution >= 0.6 is 0 Å². The summed E-state index contributed by atoms with van der Waals surface area (Å²) in [5.41, 5.74) is 2.01. The van der Waals surface area contributed by atoms with E-state index in [1.54, 1.807) is 0 Å². The molecule has 0 fully saturated rings. The molecule has 0 aromatic carbocycles. The highest BCUT2D eigenvalue weighted by atomic mass is 16.5. The van der Waals surface area contributed by atoms with Crippen LogP contribution in [0.3, 0.4) is 0 Å². The molecule has 0 heterocycles. The predicted octanol–water partition coefficient (Wildman–Crippen LogP) is 3.69. The van der Waals surface area contributed by atoms with Crippen molar-refractivity contribution < 1.29 is 29.3 Å². The lowest BCUT2D eigenvalue weighted by atomic mass is 9.62. The van der Waals surface area contributed by atoms with Crippen LogP contribution in [0.4, 0.5) is 0 Å². The van der Waals surface area contributed by atoms with Crippen LogP contribution in [0.2, 0.25) is 0 Å². The van der Waals surface area contributed by atoms with Gasteiger partial charge in [-0.15, -0.1) is 0 Å². The summed E-state index contributed by atoms with van der Waals surface area (Å²) in [4.78, 5) is 36.9. The van der Waals surface area contributed by atoms with Crippen LogP contribution in [0.15, 0.2) is 0 Å². The van der Waals surface area contributed by atoms with Gasteiger partial charge in [0.1, 0.15) is 0 Å². The number of amides is 1. The minimum absolute atomic E-state index is 0.0512. The molecule has 4 N–H and O–H groups in total. The van der Waals surface area contributed by atoms with Crippen molar-refractivity contribution in [3.05, 3.63) is 0 Å². The van der Waals surface area contributed by atoms with Gasteiger partial charge in [-0.1, -0.05) is 41.5 Å². The molecule has 1 unspecified atom stereocenters. The van der Waals surface area contributed by atoms with Gasteiger partial charge in [-0.25, -0.2) is 4.79 Å². The molecule has 7 heteroatoms. The fourth-order valence-electron chi connectivity index (χ4n) is 3.43. The Morgan fingerprint density at radius 1 is 0.857 bits per heavy atom. The predicted molar refractivity (Wildman–Crippen MR) is 108 cm³/mol. The van der Waals surface area contributed by atoms with Crippen molar-refractivity contribution in [3.63, 3.8) is 0 Å². The molecule has 0 aliphatic heterocycles. The minimum atomic E-state index is -2.19. The number of hydrogen-bond acceptors (Lipinski definition) is 4. The molecule has 0 aliphatic rings. The first-order valence-corrected chi connectivity index (χ1v) is 10.2. The summed E-state index contributed by atoms with van der Waals surface area (Å²) >= 11 is 0. The normalized spacial score (nSPS) is 14.5. The minimum Gasteiger partial charge on any atom is -0.481 e. The molecule has 0 rings (SSSR count). The summed E-state index contributed by atoms with van der Waals surface area (Å²) < 4.78 is 5.82. The molecule has 7 nitrogen and oxygen atoms in total. The van der Waals surface area contributed by atoms with E-state index < -0.39 is 35.3 Å². The molecule has 28 heavy (non-hydrogen) atoms. The van der Waals surface area contributed by atoms with Crippen LogP contribution in [0.25, 0.3) is 0 Å². The van der Waals surface area contributed by atoms with Crippen LogP contribution in [-0.2, 0) is 19.1 Å². The average molecular weight is 402 g/mol. The molecule has 164 valence electrons. The van der Waals surface area contributed by atoms with Gasteiger partial charge in [-0.05, 0) is 49.9 Å². The number of ether oxygens (including phenoxy) is 1. The monoisotopic (exact) mass is 401 g/mol. The molecule has 0 aromatic heterocycles. The van der Waals surface area contributed by atoms with E-state index in [1.165, 1.54) is 0 Å². The van der Waals surface area contributed by atoms with E-state index in [1.807, 2.05) is 41.5 Å². The molecule has 1 atom stereocenters. The van der Waals surface area contributed by atoms with E-state index in [4.69, 9.17) is 10.5 Å². The third-order valence-electron chi connectivity index (χ3n) is 5.33. The lowest BCUT2D eigenvalue weighted by Gasteiger charge is -2.45. The number of carbonyl (C=O) groups is 3. The van der Waals surface area contributed by atoms with Crippen molar-refractivity contribution in [1.82, 2.24) is 0 Å². The highest BCUT2D eigenvalue weighted by molar-refractivity contribution is 5.94. The number of hydrogen-bond donors (Lipinski definition) is 3. The van der Waals surface area contributed by atoms with E-state index in [0.717, 1.165) is 0 Å². The molecule has 0 radical (unpaired) electrons. The number of nitrogens with two attached hydrogens (primary N) is 1. The zero-order chi connectivity index (χ0) is 22.1. The third-order valence-corrected chi connectivity index (χ3v) is 5.33. The molecular formula is C21H39NO6. The number of rotatable bonds is 15. The Hall–Kier alpha value is -1.63. The molecule has 0 aromatic rings. The van der Waals surface area contributed by atoms with Gasteiger partial charge in [0.25, 0.3) is 0 Å². The van der Waals surface area contributed by atoms with Crippen LogP contribution in [-0.4, -0.2) is 40.3 Å². The van der Waals surface area contributed by atoms with Crippen molar-refractivity contribution in [2.24, 2.45) is 28.9 Å². The lowest BCUT2D eigenvalue weighted by molar-refractivity contribution is -0.201. The molecule has 0 spiro atoms. The summed E-state index contributed by atoms with van der Waals surface area (Å²) in [7, 11) is 0. The van der Waals surface area contributed by atoms with Crippen LogP contribution in [0.5, 0.6) is 0 Å². The number of carboxylic acid groups (broad SMARTS) is 2. The van der Waals surface area contributed by atoms with Crippen molar-refractivity contribution >= 4 is 17.8 Å². The van der Waals surface area contributed by atoms with Crippen molar-refractivity contribution in [3.8, 4) is 0 Å². The largest absolute Gasteiger partial charge is 0.481 e. The first-order valence-electron chi connectivity index (χ1n) is 10.2. The zero-order valence-corrected chi connectivity index (χ0v) is 18.3. The average Bonchev–Trinajstić information content (AvgIpc) is 2.52. The lowest BCUT2D eigenvalue weighted by Crippen LogP contribution is -2.63. The van der Waals surface area contributed by atoms with Gasteiger partial charge in [0.15, 0.2) is 5.60 Å². The smallest absolute Gasteiger partial charge is 0.337 e. The summed E-state index contributed by atoms with van der Waals surface area (Å²) in [6.45, 7) is 11.8. The standard InChI is InChI=1S/C21H39NO6/c1-14(2)7-10-20(18(22)25,11-8-15(3)4)21(19(26)27,13-17(23)24)28-12-9-16(5)6/h14-16H,7-13H2,1-6H3,(H2,22,25)(H,23,24)(H,26,27). The summed E-state index contributed by atoms with van der Waals surface area (Å²) in [5.74, 6) is -2.93. The topological polar surface area (TPSA) is 127 Å². The van der Waals surface area contributed by atoms with Crippen LogP contribution in [0.1, 0.15) is 80.1 Å². The molecule has 0 bridgehead atoms. The van der Waals surface area contributed by atoms with Crippen molar-refractivity contribution in [1.29, 1.82) is 0 Å². The van der Waals surface area contributed by atoms with Gasteiger partial charge in [-0.2, -0.15) is 0 Å². The summed E-state index contributed by atoms with van der Waals surface area (Å²) in [6, 6.07) is 0. The molecule has 1 amide bonds. The maximum atomic E-state index is 12.8. The number of aliphatic carboxylic acids is 2. The summed E-state index contributed by atoms with van der Waals surface area (Å²) in [6.07, 6.45) is 1.19. The Morgan fingerprint density at radius 2 is 1.29 bits per heavy atom. The molecule has 0 aliphatic carbocycles. The van der Waals surface area contributed by atoms with E-state index >= 15 is 0 Å². The van der Waals surface area contributed by atoms with Gasteiger partial charge in [-0.3, -0.25) is 9.59 Å². The highest BCUT2D eigenvalue weighted by Gasteiger charge is 2.62. The maximum absolute atomic E-state index is 12.8. The fourth-order valence-corrected chi connectivity index (χ4v) is 3.43. The quantitative estimate of drug-likeness (QED) is 0.384. The Morgan fingerprint density at radius 3 is 1.57 bits per heavy atom. The Labute approximate surface area is 169 Å². The second-order valence-electron chi connectivity index (χ2n) is 9.05.